The molecule has 5 heteroatoms. The van der Waals surface area contributed by atoms with Crippen molar-refractivity contribution < 1.29 is 9.72 Å². The van der Waals surface area contributed by atoms with Gasteiger partial charge in [0.25, 0.3) is 11.6 Å². The summed E-state index contributed by atoms with van der Waals surface area (Å²) in [6, 6.07) is 11.9. The SMILES string of the molecule is CCc1cccc(NC(=O)c2ccc([N+](=O)[O-])c(C)c2)c1. The first-order valence-corrected chi connectivity index (χ1v) is 6.66. The number of nitrogens with one attached hydrogen (secondary N) is 1. The van der Waals surface area contributed by atoms with Crippen LogP contribution in [-0.2, 0) is 6.42 Å². The Kier molecular flexibility index (Phi) is 4.33. The summed E-state index contributed by atoms with van der Waals surface area (Å²) in [5.41, 5.74) is 2.73. The predicted molar refractivity (Wildman–Crippen MR) is 81.6 cm³/mol. The van der Waals surface area contributed by atoms with Crippen molar-refractivity contribution in [1.29, 1.82) is 0 Å². The molecule has 1 amide bonds. The highest BCUT2D eigenvalue weighted by Gasteiger charge is 2.13. The third kappa shape index (κ3) is 3.45. The van der Waals surface area contributed by atoms with Crippen LogP contribution in [0.15, 0.2) is 42.5 Å². The van der Waals surface area contributed by atoms with E-state index in [1.54, 1.807) is 6.92 Å². The van der Waals surface area contributed by atoms with Gasteiger partial charge in [0.15, 0.2) is 0 Å². The van der Waals surface area contributed by atoms with Gasteiger partial charge in [0.1, 0.15) is 0 Å². The number of nitro groups is 1. The maximum atomic E-state index is 12.2. The zero-order valence-electron chi connectivity index (χ0n) is 11.9. The Labute approximate surface area is 122 Å². The number of aryl methyl sites for hydroxylation is 2. The van der Waals surface area contributed by atoms with E-state index >= 15 is 0 Å². The molecule has 0 unspecified atom stereocenters. The van der Waals surface area contributed by atoms with Gasteiger partial charge in [-0.2, -0.15) is 0 Å². The molecule has 0 fully saturated rings. The summed E-state index contributed by atoms with van der Waals surface area (Å²) in [5.74, 6) is -0.277. The van der Waals surface area contributed by atoms with E-state index in [-0.39, 0.29) is 11.6 Å². The molecule has 21 heavy (non-hydrogen) atoms. The van der Waals surface area contributed by atoms with Crippen LogP contribution in [0.1, 0.15) is 28.4 Å². The number of anilines is 1. The van der Waals surface area contributed by atoms with E-state index in [0.29, 0.717) is 11.1 Å². The smallest absolute Gasteiger partial charge is 0.272 e. The van der Waals surface area contributed by atoms with Crippen LogP contribution in [0.4, 0.5) is 11.4 Å². The molecule has 0 bridgehead atoms. The molecule has 0 saturated carbocycles. The molecule has 0 aliphatic carbocycles. The number of rotatable bonds is 4. The molecule has 0 aliphatic rings. The fourth-order valence-electron chi connectivity index (χ4n) is 2.07. The van der Waals surface area contributed by atoms with E-state index in [1.807, 2.05) is 31.2 Å². The van der Waals surface area contributed by atoms with Gasteiger partial charge in [-0.3, -0.25) is 14.9 Å². The molecular weight excluding hydrogens is 268 g/mol. The monoisotopic (exact) mass is 284 g/mol. The molecule has 108 valence electrons. The largest absolute Gasteiger partial charge is 0.322 e. The Morgan fingerprint density at radius 1 is 1.24 bits per heavy atom. The summed E-state index contributed by atoms with van der Waals surface area (Å²) in [7, 11) is 0. The molecule has 0 aliphatic heterocycles. The number of carbonyl (C=O) groups excluding carboxylic acids is 1. The Morgan fingerprint density at radius 2 is 2.00 bits per heavy atom. The quantitative estimate of drug-likeness (QED) is 0.687. The number of nitrogens with zero attached hydrogens (tertiary/aromatic N) is 1. The molecule has 0 heterocycles. The van der Waals surface area contributed by atoms with E-state index in [9.17, 15) is 14.9 Å². The van der Waals surface area contributed by atoms with Gasteiger partial charge in [0.05, 0.1) is 4.92 Å². The lowest BCUT2D eigenvalue weighted by Gasteiger charge is -2.07. The number of hydrogen-bond acceptors (Lipinski definition) is 3. The second-order valence-electron chi connectivity index (χ2n) is 4.77. The first kappa shape index (κ1) is 14.7. The highest BCUT2D eigenvalue weighted by molar-refractivity contribution is 6.04. The van der Waals surface area contributed by atoms with Crippen LogP contribution >= 0.6 is 0 Å². The number of nitro benzene ring substituents is 1. The molecule has 0 spiro atoms. The lowest BCUT2D eigenvalue weighted by Crippen LogP contribution is -2.12. The molecule has 0 radical (unpaired) electrons. The second-order valence-corrected chi connectivity index (χ2v) is 4.77. The Balaban J connectivity index is 2.20. The van der Waals surface area contributed by atoms with Crippen molar-refractivity contribution in [3.8, 4) is 0 Å². The molecule has 1 N–H and O–H groups in total. The van der Waals surface area contributed by atoms with Crippen LogP contribution in [0, 0.1) is 17.0 Å². The van der Waals surface area contributed by atoms with Gasteiger partial charge >= 0.3 is 0 Å². The number of benzene rings is 2. The minimum absolute atomic E-state index is 0.0135. The second kappa shape index (κ2) is 6.17. The van der Waals surface area contributed by atoms with Crippen LogP contribution in [-0.4, -0.2) is 10.8 Å². The highest BCUT2D eigenvalue weighted by Crippen LogP contribution is 2.20. The molecule has 0 atom stereocenters. The third-order valence-corrected chi connectivity index (χ3v) is 3.25. The summed E-state index contributed by atoms with van der Waals surface area (Å²) in [5, 5.41) is 13.6. The zero-order chi connectivity index (χ0) is 15.4. The maximum Gasteiger partial charge on any atom is 0.272 e. The van der Waals surface area contributed by atoms with Crippen molar-refractivity contribution in [3.05, 3.63) is 69.3 Å². The summed E-state index contributed by atoms with van der Waals surface area (Å²) >= 11 is 0. The van der Waals surface area contributed by atoms with E-state index in [4.69, 9.17) is 0 Å². The fourth-order valence-corrected chi connectivity index (χ4v) is 2.07. The van der Waals surface area contributed by atoms with Crippen molar-refractivity contribution in [3.63, 3.8) is 0 Å². The van der Waals surface area contributed by atoms with Crippen LogP contribution < -0.4 is 5.32 Å². The van der Waals surface area contributed by atoms with Crippen LogP contribution in [0.5, 0.6) is 0 Å². The van der Waals surface area contributed by atoms with Gasteiger partial charge in [-0.25, -0.2) is 0 Å². The van der Waals surface area contributed by atoms with Gasteiger partial charge in [0, 0.05) is 22.9 Å². The number of hydrogen-bond donors (Lipinski definition) is 1. The van der Waals surface area contributed by atoms with Gasteiger partial charge in [-0.05, 0) is 43.2 Å². The van der Waals surface area contributed by atoms with Crippen molar-refractivity contribution in [2.45, 2.75) is 20.3 Å². The van der Waals surface area contributed by atoms with E-state index in [0.717, 1.165) is 17.7 Å². The minimum atomic E-state index is -0.457. The first-order chi connectivity index (χ1) is 10.0. The summed E-state index contributed by atoms with van der Waals surface area (Å²) in [4.78, 5) is 22.5. The van der Waals surface area contributed by atoms with E-state index < -0.39 is 4.92 Å². The lowest BCUT2D eigenvalue weighted by molar-refractivity contribution is -0.385. The molecule has 2 aromatic carbocycles. The number of amides is 1. The molecule has 2 aromatic rings. The average Bonchev–Trinajstić information content (AvgIpc) is 2.46. The Morgan fingerprint density at radius 3 is 2.62 bits per heavy atom. The number of carbonyl (C=O) groups is 1. The van der Waals surface area contributed by atoms with Gasteiger partial charge in [0.2, 0.25) is 0 Å². The fraction of sp³-hybridized carbons (Fsp3) is 0.188. The van der Waals surface area contributed by atoms with Crippen molar-refractivity contribution in [2.75, 3.05) is 5.32 Å². The molecule has 2 rings (SSSR count). The zero-order valence-corrected chi connectivity index (χ0v) is 11.9. The average molecular weight is 284 g/mol. The molecule has 0 aromatic heterocycles. The molecule has 5 nitrogen and oxygen atoms in total. The Hall–Kier alpha value is -2.69. The lowest BCUT2D eigenvalue weighted by atomic mass is 10.1. The molecule has 0 saturated heterocycles. The van der Waals surface area contributed by atoms with Crippen molar-refractivity contribution in [1.82, 2.24) is 0 Å². The van der Waals surface area contributed by atoms with E-state index in [1.165, 1.54) is 18.2 Å². The molecular formula is C16H16N2O3. The Bertz CT molecular complexity index is 696. The van der Waals surface area contributed by atoms with Crippen molar-refractivity contribution in [2.24, 2.45) is 0 Å². The van der Waals surface area contributed by atoms with E-state index in [2.05, 4.69) is 5.32 Å². The first-order valence-electron chi connectivity index (χ1n) is 6.66. The predicted octanol–water partition coefficient (Wildman–Crippen LogP) is 3.72. The normalized spacial score (nSPS) is 10.2. The minimum Gasteiger partial charge on any atom is -0.322 e. The topological polar surface area (TPSA) is 72.2 Å². The van der Waals surface area contributed by atoms with Crippen molar-refractivity contribution >= 4 is 17.3 Å². The van der Waals surface area contributed by atoms with Crippen LogP contribution in [0.2, 0.25) is 0 Å². The summed E-state index contributed by atoms with van der Waals surface area (Å²) in [6.07, 6.45) is 0.889. The maximum absolute atomic E-state index is 12.2. The van der Waals surface area contributed by atoms with Crippen LogP contribution in [0.3, 0.4) is 0 Å². The highest BCUT2D eigenvalue weighted by atomic mass is 16.6. The third-order valence-electron chi connectivity index (χ3n) is 3.25. The van der Waals surface area contributed by atoms with Gasteiger partial charge in [-0.15, -0.1) is 0 Å². The summed E-state index contributed by atoms with van der Waals surface area (Å²) in [6.45, 7) is 3.66. The van der Waals surface area contributed by atoms with Gasteiger partial charge in [-0.1, -0.05) is 19.1 Å². The van der Waals surface area contributed by atoms with Gasteiger partial charge < -0.3 is 5.32 Å². The summed E-state index contributed by atoms with van der Waals surface area (Å²) < 4.78 is 0. The van der Waals surface area contributed by atoms with Crippen LogP contribution in [0.25, 0.3) is 0 Å². The standard InChI is InChI=1S/C16H16N2O3/c1-3-12-5-4-6-14(10-12)17-16(19)13-7-8-15(18(20)21)11(2)9-13/h4-10H,3H2,1-2H3,(H,17,19).